The molecule has 0 aromatic carbocycles. The molecule has 0 aliphatic carbocycles. The van der Waals surface area contributed by atoms with Crippen LogP contribution in [0.15, 0.2) is 0 Å². The van der Waals surface area contributed by atoms with Gasteiger partial charge < -0.3 is 25.0 Å². The van der Waals surface area contributed by atoms with E-state index in [0.29, 0.717) is 0 Å². The third kappa shape index (κ3) is 1880. The third-order valence-electron chi connectivity index (χ3n) is 0. The van der Waals surface area contributed by atoms with Gasteiger partial charge in [-0.25, -0.2) is 0 Å². The summed E-state index contributed by atoms with van der Waals surface area (Å²) in [5.74, 6) is 0. The van der Waals surface area contributed by atoms with Crippen molar-refractivity contribution >= 4 is 155 Å². The average Bonchev–Trinajstić information content (AvgIpc) is 1.62. The Morgan fingerprint density at radius 1 is 0.346 bits per heavy atom. The molecule has 0 rings (SSSR count). The van der Waals surface area contributed by atoms with E-state index in [2.05, 4.69) is 0 Å². The van der Waals surface area contributed by atoms with Crippen molar-refractivity contribution in [3.05, 3.63) is 0 Å². The van der Waals surface area contributed by atoms with Crippen LogP contribution in [-0.2, 0) is 41.6 Å². The van der Waals surface area contributed by atoms with Gasteiger partial charge in [-0.3, -0.25) is 36.4 Å². The molecule has 0 atom stereocenters. The molecule has 14 N–H and O–H groups in total. The van der Waals surface area contributed by atoms with Gasteiger partial charge in [0.15, 0.2) is 0 Å². The molecule has 0 saturated carbocycles. The number of hydrogen-bond acceptors (Lipinski definition) is 8. The van der Waals surface area contributed by atoms with Crippen molar-refractivity contribution in [2.75, 3.05) is 0 Å². The van der Waals surface area contributed by atoms with Crippen LogP contribution in [0, 0.1) is 0 Å². The van der Waals surface area contributed by atoms with Gasteiger partial charge in [-0.2, -0.15) is 33.7 Å². The SMILES string of the molecule is O.O.O.O=S(=O)(O)O.O=S(=O)(O)O.O=S(=O)(O)O.O=S(=O)(O)O.[Ca+2].[Ca+2].[Ca+2].[H-].[H-].[H-].[H-].[H-].[H-]. The molecular formula is H20Ca3O19S4. The van der Waals surface area contributed by atoms with Crippen LogP contribution in [0.1, 0.15) is 8.56 Å². The quantitative estimate of drug-likeness (QED) is 0.0989. The Morgan fingerprint density at radius 3 is 0.346 bits per heavy atom. The van der Waals surface area contributed by atoms with E-state index in [0.717, 1.165) is 0 Å². The second kappa shape index (κ2) is 28.1. The summed E-state index contributed by atoms with van der Waals surface area (Å²) in [5.41, 5.74) is 0. The number of rotatable bonds is 0. The van der Waals surface area contributed by atoms with Crippen molar-refractivity contribution in [1.82, 2.24) is 0 Å². The van der Waals surface area contributed by atoms with E-state index < -0.39 is 41.6 Å². The van der Waals surface area contributed by atoms with Crippen LogP contribution >= 0.6 is 0 Å². The van der Waals surface area contributed by atoms with Gasteiger partial charge in [0, 0.05) is 0 Å². The largest absolute Gasteiger partial charge is 2.00 e. The van der Waals surface area contributed by atoms with Crippen LogP contribution in [0.25, 0.3) is 0 Å². The minimum Gasteiger partial charge on any atom is -1.00 e. The van der Waals surface area contributed by atoms with Gasteiger partial charge in [-0.1, -0.05) is 0 Å². The van der Waals surface area contributed by atoms with E-state index in [1.165, 1.54) is 0 Å². The first-order valence-corrected chi connectivity index (χ1v) is 8.38. The van der Waals surface area contributed by atoms with Gasteiger partial charge in [0.1, 0.15) is 0 Å². The maximum atomic E-state index is 8.74. The molecule has 0 aliphatic heterocycles. The van der Waals surface area contributed by atoms with E-state index in [1.54, 1.807) is 0 Å². The topological polar surface area (TPSA) is 393 Å². The fraction of sp³-hybridized carbons (Fsp3) is 0. The summed E-state index contributed by atoms with van der Waals surface area (Å²) in [6.45, 7) is 0. The monoisotopic (exact) mass is 572 g/mol. The Bertz CT molecular complexity index is 504. The fourth-order valence-corrected chi connectivity index (χ4v) is 0. The summed E-state index contributed by atoms with van der Waals surface area (Å²) in [6.07, 6.45) is 0. The summed E-state index contributed by atoms with van der Waals surface area (Å²) >= 11 is 0. The molecule has 0 spiro atoms. The molecule has 0 saturated heterocycles. The molecule has 0 aromatic heterocycles. The molecule has 0 aliphatic rings. The summed E-state index contributed by atoms with van der Waals surface area (Å²) < 4.78 is 126. The first kappa shape index (κ1) is 63.0. The van der Waals surface area contributed by atoms with E-state index in [9.17, 15) is 0 Å². The molecule has 19 nitrogen and oxygen atoms in total. The van der Waals surface area contributed by atoms with Gasteiger partial charge in [-0.15, -0.1) is 0 Å². The smallest absolute Gasteiger partial charge is 1.00 e. The molecule has 0 radical (unpaired) electrons. The van der Waals surface area contributed by atoms with Crippen LogP contribution in [-0.4, -0.2) is 200 Å². The van der Waals surface area contributed by atoms with Crippen LogP contribution in [0.5, 0.6) is 0 Å². The summed E-state index contributed by atoms with van der Waals surface area (Å²) in [5, 5.41) is 0. The normalized spacial score (nSPS) is 8.92. The van der Waals surface area contributed by atoms with E-state index >= 15 is 0 Å². The van der Waals surface area contributed by atoms with Crippen molar-refractivity contribution in [3.8, 4) is 0 Å². The zero-order valence-corrected chi connectivity index (χ0v) is 22.0. The summed E-state index contributed by atoms with van der Waals surface area (Å²) in [4.78, 5) is 0. The average molecular weight is 573 g/mol. The predicted molar refractivity (Wildman–Crippen MR) is 91.5 cm³/mol. The molecule has 164 valence electrons. The van der Waals surface area contributed by atoms with Crippen molar-refractivity contribution in [2.24, 2.45) is 0 Å². The fourth-order valence-electron chi connectivity index (χ4n) is 0. The third-order valence-corrected chi connectivity index (χ3v) is 0. The second-order valence-corrected chi connectivity index (χ2v) is 5.37. The van der Waals surface area contributed by atoms with Crippen molar-refractivity contribution in [2.45, 2.75) is 0 Å². The molecule has 26 heavy (non-hydrogen) atoms. The Morgan fingerprint density at radius 2 is 0.346 bits per heavy atom. The summed E-state index contributed by atoms with van der Waals surface area (Å²) in [6, 6.07) is 0. The first-order chi connectivity index (χ1) is 8.00. The van der Waals surface area contributed by atoms with E-state index in [-0.39, 0.29) is 138 Å². The van der Waals surface area contributed by atoms with E-state index in [1.807, 2.05) is 0 Å². The molecule has 0 fully saturated rings. The molecule has 26 heteroatoms. The Kier molecular flexibility index (Phi) is 68.2. The van der Waals surface area contributed by atoms with Crippen LogP contribution < -0.4 is 0 Å². The molecule has 0 bridgehead atoms. The van der Waals surface area contributed by atoms with Gasteiger partial charge in [0.25, 0.3) is 0 Å². The van der Waals surface area contributed by atoms with Gasteiger partial charge in [0.2, 0.25) is 0 Å². The van der Waals surface area contributed by atoms with Crippen molar-refractivity contribution < 1.29 is 95.1 Å². The molecular weight excluding hydrogens is 552 g/mol. The van der Waals surface area contributed by atoms with Crippen LogP contribution in [0.3, 0.4) is 0 Å². The second-order valence-electron chi connectivity index (χ2n) is 1.79. The molecule has 0 amide bonds. The maximum absolute atomic E-state index is 8.74. The van der Waals surface area contributed by atoms with Crippen molar-refractivity contribution in [3.63, 3.8) is 0 Å². The zero-order valence-electron chi connectivity index (χ0n) is 18.1. The predicted octanol–water partition coefficient (Wildman–Crippen LogP) is -5.55. The van der Waals surface area contributed by atoms with Crippen molar-refractivity contribution in [1.29, 1.82) is 0 Å². The van der Waals surface area contributed by atoms with Crippen LogP contribution in [0.4, 0.5) is 0 Å². The minimum atomic E-state index is -4.67. The van der Waals surface area contributed by atoms with Crippen LogP contribution in [0.2, 0.25) is 0 Å². The minimum absolute atomic E-state index is 0. The molecule has 0 heterocycles. The maximum Gasteiger partial charge on any atom is 2.00 e. The standard InChI is InChI=1S/3Ca.4H2O4S.3H2O.6H/c;;;4*1-5(2,3)4;;;;;;;;;/h;;;4*(H2,1,2,3,4);3*1H2;;;;;;/q3*+2;;;;;;;;6*-1. The molecule has 0 unspecified atom stereocenters. The van der Waals surface area contributed by atoms with Gasteiger partial charge in [0.05, 0.1) is 0 Å². The summed E-state index contributed by atoms with van der Waals surface area (Å²) in [7, 11) is -18.7. The Balaban J connectivity index is -0.00000000677. The Hall–Kier alpha value is 3.14. The zero-order chi connectivity index (χ0) is 18.0. The van der Waals surface area contributed by atoms with Gasteiger partial charge in [-0.05, 0) is 0 Å². The first-order valence-electron chi connectivity index (χ1n) is 2.79. The van der Waals surface area contributed by atoms with Gasteiger partial charge >= 0.3 is 155 Å². The van der Waals surface area contributed by atoms with E-state index in [4.69, 9.17) is 70.1 Å². The molecule has 0 aromatic rings. The number of hydrogen-bond donors (Lipinski definition) is 8. The Labute approximate surface area is 246 Å².